The van der Waals surface area contributed by atoms with Crippen molar-refractivity contribution >= 4 is 22.6 Å². The number of rotatable bonds is 8. The Morgan fingerprint density at radius 3 is 2.61 bits per heavy atom. The molecule has 0 amide bonds. The zero-order valence-electron chi connectivity index (χ0n) is 23.7. The van der Waals surface area contributed by atoms with Crippen LogP contribution in [0.5, 0.6) is 0 Å². The molecule has 1 aromatic carbocycles. The van der Waals surface area contributed by atoms with Crippen LogP contribution in [-0.2, 0) is 11.3 Å². The fraction of sp³-hybridized carbons (Fsp3) is 0.765. The first-order valence-corrected chi connectivity index (χ1v) is 16.3. The number of hydrogen-bond acceptors (Lipinski definition) is 1. The van der Waals surface area contributed by atoms with Crippen molar-refractivity contribution in [3.05, 3.63) is 45.0 Å². The van der Waals surface area contributed by atoms with E-state index in [0.717, 1.165) is 42.1 Å². The van der Waals surface area contributed by atoms with Gasteiger partial charge in [-0.15, -0.1) is 0 Å². The molecule has 0 heterocycles. The standard InChI is InChI=1S/C34H51IO/c1-23(2)8-6-9-24(3)30-14-15-31-29-13-12-26-21-28(36-22-25-10-7-11-27(35)20-25)16-18-33(26,4)32(29)17-19-34(30,31)5/h7,10-12,20,23-24,28-32H,6,8-9,13-19,21-22H2,1-5H3/t24-,28+,29+,30-,31+,32+,33+,34-/m1/s1. The van der Waals surface area contributed by atoms with E-state index in [4.69, 9.17) is 4.74 Å². The maximum atomic E-state index is 6.48. The molecule has 4 aliphatic carbocycles. The van der Waals surface area contributed by atoms with Gasteiger partial charge in [0.1, 0.15) is 0 Å². The molecule has 4 aliphatic rings. The Morgan fingerprint density at radius 1 is 1.00 bits per heavy atom. The van der Waals surface area contributed by atoms with Gasteiger partial charge >= 0.3 is 0 Å². The molecule has 1 aromatic rings. The molecule has 0 saturated heterocycles. The predicted molar refractivity (Wildman–Crippen MR) is 161 cm³/mol. The van der Waals surface area contributed by atoms with E-state index in [0.29, 0.717) is 16.9 Å². The van der Waals surface area contributed by atoms with Crippen LogP contribution in [0.4, 0.5) is 0 Å². The van der Waals surface area contributed by atoms with E-state index in [9.17, 15) is 0 Å². The van der Waals surface area contributed by atoms with E-state index in [1.807, 2.05) is 0 Å². The summed E-state index contributed by atoms with van der Waals surface area (Å²) in [5.74, 6) is 5.50. The Kier molecular flexibility index (Phi) is 8.34. The van der Waals surface area contributed by atoms with Gasteiger partial charge in [-0.25, -0.2) is 0 Å². The summed E-state index contributed by atoms with van der Waals surface area (Å²) < 4.78 is 7.78. The zero-order valence-corrected chi connectivity index (χ0v) is 25.9. The molecule has 8 atom stereocenters. The largest absolute Gasteiger partial charge is 0.373 e. The van der Waals surface area contributed by atoms with Gasteiger partial charge in [0.25, 0.3) is 0 Å². The smallest absolute Gasteiger partial charge is 0.0721 e. The second-order valence-corrected chi connectivity index (χ2v) is 15.3. The van der Waals surface area contributed by atoms with Gasteiger partial charge in [-0.05, 0) is 138 Å². The van der Waals surface area contributed by atoms with Gasteiger partial charge in [-0.1, -0.05) is 77.7 Å². The first-order chi connectivity index (χ1) is 17.2. The Labute approximate surface area is 235 Å². The lowest BCUT2D eigenvalue weighted by Crippen LogP contribution is -2.51. The summed E-state index contributed by atoms with van der Waals surface area (Å²) >= 11 is 2.40. The van der Waals surface area contributed by atoms with Gasteiger partial charge in [0.05, 0.1) is 12.7 Å². The van der Waals surface area contributed by atoms with E-state index >= 15 is 0 Å². The van der Waals surface area contributed by atoms with E-state index in [1.54, 1.807) is 5.57 Å². The Hall–Kier alpha value is -0.350. The van der Waals surface area contributed by atoms with Crippen LogP contribution in [0.2, 0.25) is 0 Å². The molecule has 3 fully saturated rings. The third-order valence-electron chi connectivity index (χ3n) is 11.6. The molecule has 2 heteroatoms. The highest BCUT2D eigenvalue weighted by atomic mass is 127. The lowest BCUT2D eigenvalue weighted by Gasteiger charge is -2.58. The maximum Gasteiger partial charge on any atom is 0.0721 e. The third kappa shape index (κ3) is 5.25. The molecule has 0 aliphatic heterocycles. The quantitative estimate of drug-likeness (QED) is 0.213. The molecule has 0 bridgehead atoms. The lowest BCUT2D eigenvalue weighted by molar-refractivity contribution is -0.0656. The normalized spacial score (nSPS) is 38.8. The van der Waals surface area contributed by atoms with E-state index in [-0.39, 0.29) is 0 Å². The molecular weight excluding hydrogens is 551 g/mol. The zero-order chi connectivity index (χ0) is 25.5. The van der Waals surface area contributed by atoms with Gasteiger partial charge in [0.15, 0.2) is 0 Å². The second kappa shape index (κ2) is 11.0. The molecule has 0 unspecified atom stereocenters. The van der Waals surface area contributed by atoms with Crippen LogP contribution in [0.15, 0.2) is 35.9 Å². The van der Waals surface area contributed by atoms with Crippen LogP contribution < -0.4 is 0 Å². The Morgan fingerprint density at radius 2 is 1.83 bits per heavy atom. The summed E-state index contributed by atoms with van der Waals surface area (Å²) in [6.07, 6.45) is 18.4. The molecule has 0 N–H and O–H groups in total. The summed E-state index contributed by atoms with van der Waals surface area (Å²) in [6.45, 7) is 13.5. The molecular formula is C34H51IO. The molecule has 0 radical (unpaired) electrons. The fourth-order valence-electron chi connectivity index (χ4n) is 9.64. The topological polar surface area (TPSA) is 9.23 Å². The fourth-order valence-corrected chi connectivity index (χ4v) is 10.2. The van der Waals surface area contributed by atoms with E-state index < -0.39 is 0 Å². The van der Waals surface area contributed by atoms with Gasteiger partial charge in [-0.2, -0.15) is 0 Å². The minimum atomic E-state index is 0.398. The monoisotopic (exact) mass is 602 g/mol. The van der Waals surface area contributed by atoms with Crippen molar-refractivity contribution < 1.29 is 4.74 Å². The molecule has 3 saturated carbocycles. The molecule has 36 heavy (non-hydrogen) atoms. The number of fused-ring (bicyclic) bond motifs is 5. The van der Waals surface area contributed by atoms with Gasteiger partial charge in [0, 0.05) is 3.57 Å². The van der Waals surface area contributed by atoms with Gasteiger partial charge in [-0.3, -0.25) is 0 Å². The number of benzene rings is 1. The van der Waals surface area contributed by atoms with Crippen LogP contribution in [0.3, 0.4) is 0 Å². The maximum absolute atomic E-state index is 6.48. The highest BCUT2D eigenvalue weighted by Gasteiger charge is 2.59. The number of allylic oxidation sites excluding steroid dienone is 1. The average molecular weight is 603 g/mol. The Balaban J connectivity index is 1.23. The minimum Gasteiger partial charge on any atom is -0.373 e. The van der Waals surface area contributed by atoms with Crippen LogP contribution in [0, 0.1) is 49.9 Å². The molecule has 200 valence electrons. The van der Waals surface area contributed by atoms with Crippen molar-refractivity contribution in [2.24, 2.45) is 46.3 Å². The van der Waals surface area contributed by atoms with Crippen LogP contribution in [0.25, 0.3) is 0 Å². The summed E-state index contributed by atoms with van der Waals surface area (Å²) in [5.41, 5.74) is 4.08. The van der Waals surface area contributed by atoms with Crippen LogP contribution in [-0.4, -0.2) is 6.10 Å². The van der Waals surface area contributed by atoms with Gasteiger partial charge in [0.2, 0.25) is 0 Å². The van der Waals surface area contributed by atoms with Gasteiger partial charge < -0.3 is 4.74 Å². The predicted octanol–water partition coefficient (Wildman–Crippen LogP) is 10.2. The number of ether oxygens (including phenoxy) is 1. The van der Waals surface area contributed by atoms with E-state index in [1.165, 1.54) is 79.8 Å². The lowest BCUT2D eigenvalue weighted by atomic mass is 9.47. The average Bonchev–Trinajstić information content (AvgIpc) is 3.20. The first kappa shape index (κ1) is 27.2. The van der Waals surface area contributed by atoms with Crippen molar-refractivity contribution in [1.82, 2.24) is 0 Å². The summed E-state index contributed by atoms with van der Waals surface area (Å²) in [5, 5.41) is 0. The summed E-state index contributed by atoms with van der Waals surface area (Å²) in [6, 6.07) is 8.78. The van der Waals surface area contributed by atoms with Crippen molar-refractivity contribution in [3.8, 4) is 0 Å². The van der Waals surface area contributed by atoms with Crippen LogP contribution in [0.1, 0.15) is 111 Å². The molecule has 0 spiro atoms. The molecule has 5 rings (SSSR count). The van der Waals surface area contributed by atoms with Crippen LogP contribution >= 0.6 is 22.6 Å². The van der Waals surface area contributed by atoms with Crippen molar-refractivity contribution in [3.63, 3.8) is 0 Å². The number of hydrogen-bond donors (Lipinski definition) is 0. The summed E-state index contributed by atoms with van der Waals surface area (Å²) in [7, 11) is 0. The summed E-state index contributed by atoms with van der Waals surface area (Å²) in [4.78, 5) is 0. The highest BCUT2D eigenvalue weighted by molar-refractivity contribution is 14.1. The van der Waals surface area contributed by atoms with Crippen molar-refractivity contribution in [1.29, 1.82) is 0 Å². The van der Waals surface area contributed by atoms with E-state index in [2.05, 4.69) is 87.6 Å². The third-order valence-corrected chi connectivity index (χ3v) is 12.3. The van der Waals surface area contributed by atoms with Crippen molar-refractivity contribution in [2.45, 2.75) is 118 Å². The second-order valence-electron chi connectivity index (χ2n) is 14.1. The number of halogens is 1. The minimum absolute atomic E-state index is 0.398. The SMILES string of the molecule is CC(C)CCC[C@@H](C)[C@H]1CC[C@H]2[C@@H]3CC=C4C[C@@H](OCc5cccc(I)c5)CC[C@]4(C)[C@H]3CC[C@]12C. The first-order valence-electron chi connectivity index (χ1n) is 15.3. The van der Waals surface area contributed by atoms with Crippen molar-refractivity contribution in [2.75, 3.05) is 0 Å². The Bertz CT molecular complexity index is 935. The highest BCUT2D eigenvalue weighted by Crippen LogP contribution is 2.67. The molecule has 1 nitrogen and oxygen atoms in total. The molecule has 0 aromatic heterocycles.